The maximum absolute atomic E-state index is 13.6. The number of hydrogen-bond donors (Lipinski definition) is 2. The molecule has 0 spiro atoms. The summed E-state index contributed by atoms with van der Waals surface area (Å²) in [7, 11) is -0.737. The van der Waals surface area contributed by atoms with E-state index in [-0.39, 0.29) is 17.1 Å². The van der Waals surface area contributed by atoms with Gasteiger partial charge in [-0.3, -0.25) is 4.21 Å². The number of halogens is 2. The van der Waals surface area contributed by atoms with Gasteiger partial charge in [0.15, 0.2) is 5.96 Å². The minimum atomic E-state index is -0.737. The standard InChI is InChI=1S/C18H27BrFN3OS/c1-3-21-18(22-12-13-8-9-16(19)17(20)10-13)23-14-6-5-7-15(11-14)25(24)4-2/h8-10,14-15H,3-7,11-12H2,1-2H3,(H2,21,22,23). The highest BCUT2D eigenvalue weighted by atomic mass is 79.9. The van der Waals surface area contributed by atoms with E-state index in [4.69, 9.17) is 0 Å². The molecular formula is C18H27BrFN3OS. The molecule has 140 valence electrons. The second-order valence-electron chi connectivity index (χ2n) is 6.24. The van der Waals surface area contributed by atoms with Crippen LogP contribution in [-0.2, 0) is 17.3 Å². The van der Waals surface area contributed by atoms with Gasteiger partial charge in [0.25, 0.3) is 0 Å². The average molecular weight is 432 g/mol. The second kappa shape index (κ2) is 10.3. The van der Waals surface area contributed by atoms with Crippen molar-refractivity contribution in [1.82, 2.24) is 10.6 Å². The predicted molar refractivity (Wildman–Crippen MR) is 107 cm³/mol. The molecule has 3 atom stereocenters. The quantitative estimate of drug-likeness (QED) is 0.532. The van der Waals surface area contributed by atoms with Crippen molar-refractivity contribution < 1.29 is 8.60 Å². The van der Waals surface area contributed by atoms with Crippen LogP contribution in [0.25, 0.3) is 0 Å². The highest BCUT2D eigenvalue weighted by molar-refractivity contribution is 9.10. The zero-order valence-corrected chi connectivity index (χ0v) is 17.3. The Morgan fingerprint density at radius 1 is 1.40 bits per heavy atom. The molecule has 1 aliphatic rings. The first-order chi connectivity index (χ1) is 12.0. The minimum absolute atomic E-state index is 0.275. The highest BCUT2D eigenvalue weighted by Crippen LogP contribution is 2.23. The van der Waals surface area contributed by atoms with Crippen molar-refractivity contribution in [2.24, 2.45) is 4.99 Å². The summed E-state index contributed by atoms with van der Waals surface area (Å²) in [6.45, 7) is 5.18. The Balaban J connectivity index is 1.99. The van der Waals surface area contributed by atoms with Crippen LogP contribution in [0.5, 0.6) is 0 Å². The molecule has 0 saturated heterocycles. The molecule has 1 aliphatic carbocycles. The number of rotatable bonds is 6. The van der Waals surface area contributed by atoms with Gasteiger partial charge in [-0.15, -0.1) is 0 Å². The fourth-order valence-corrected chi connectivity index (χ4v) is 4.67. The highest BCUT2D eigenvalue weighted by Gasteiger charge is 2.26. The monoisotopic (exact) mass is 431 g/mol. The van der Waals surface area contributed by atoms with Crippen molar-refractivity contribution >= 4 is 32.7 Å². The lowest BCUT2D eigenvalue weighted by Gasteiger charge is -2.30. The molecule has 0 bridgehead atoms. The predicted octanol–water partition coefficient (Wildman–Crippen LogP) is 3.72. The van der Waals surface area contributed by atoms with Gasteiger partial charge in [-0.1, -0.05) is 19.4 Å². The van der Waals surface area contributed by atoms with E-state index in [1.54, 1.807) is 6.07 Å². The molecule has 4 nitrogen and oxygen atoms in total. The van der Waals surface area contributed by atoms with Crippen molar-refractivity contribution in [2.75, 3.05) is 12.3 Å². The SMILES string of the molecule is CCNC(=NCc1ccc(Br)c(F)c1)NC1CCCC(S(=O)CC)C1. The van der Waals surface area contributed by atoms with Crippen molar-refractivity contribution in [3.8, 4) is 0 Å². The lowest BCUT2D eigenvalue weighted by Crippen LogP contribution is -2.46. The van der Waals surface area contributed by atoms with Gasteiger partial charge in [-0.25, -0.2) is 9.38 Å². The van der Waals surface area contributed by atoms with Crippen LogP contribution < -0.4 is 10.6 Å². The molecule has 25 heavy (non-hydrogen) atoms. The van der Waals surface area contributed by atoms with Crippen LogP contribution in [0.2, 0.25) is 0 Å². The van der Waals surface area contributed by atoms with Crippen molar-refractivity contribution in [2.45, 2.75) is 57.4 Å². The van der Waals surface area contributed by atoms with Crippen molar-refractivity contribution in [3.05, 3.63) is 34.1 Å². The molecule has 2 rings (SSSR count). The smallest absolute Gasteiger partial charge is 0.191 e. The van der Waals surface area contributed by atoms with Gasteiger partial charge in [0.2, 0.25) is 0 Å². The number of aliphatic imine (C=N–C) groups is 1. The molecule has 0 heterocycles. The Hall–Kier alpha value is -0.950. The van der Waals surface area contributed by atoms with Crippen LogP contribution in [-0.4, -0.2) is 33.8 Å². The molecule has 7 heteroatoms. The summed E-state index contributed by atoms with van der Waals surface area (Å²) >= 11 is 3.16. The first-order valence-electron chi connectivity index (χ1n) is 8.89. The van der Waals surface area contributed by atoms with Gasteiger partial charge < -0.3 is 10.6 Å². The number of hydrogen-bond acceptors (Lipinski definition) is 2. The van der Waals surface area contributed by atoms with E-state index in [1.807, 2.05) is 19.9 Å². The van der Waals surface area contributed by atoms with Crippen LogP contribution in [0.3, 0.4) is 0 Å². The van der Waals surface area contributed by atoms with Gasteiger partial charge >= 0.3 is 0 Å². The zero-order valence-electron chi connectivity index (χ0n) is 14.9. The zero-order chi connectivity index (χ0) is 18.2. The summed E-state index contributed by atoms with van der Waals surface area (Å²) in [5.74, 6) is 1.18. The summed E-state index contributed by atoms with van der Waals surface area (Å²) in [5.41, 5.74) is 0.825. The summed E-state index contributed by atoms with van der Waals surface area (Å²) in [6, 6.07) is 5.35. The van der Waals surface area contributed by atoms with Crippen molar-refractivity contribution in [3.63, 3.8) is 0 Å². The Bertz CT molecular complexity index is 626. The van der Waals surface area contributed by atoms with E-state index < -0.39 is 10.8 Å². The fourth-order valence-electron chi connectivity index (χ4n) is 3.07. The topological polar surface area (TPSA) is 53.5 Å². The summed E-state index contributed by atoms with van der Waals surface area (Å²) in [5, 5.41) is 6.99. The average Bonchev–Trinajstić information content (AvgIpc) is 2.62. The maximum Gasteiger partial charge on any atom is 0.191 e. The molecule has 0 amide bonds. The van der Waals surface area contributed by atoms with E-state index in [9.17, 15) is 8.60 Å². The maximum atomic E-state index is 13.6. The lowest BCUT2D eigenvalue weighted by atomic mass is 9.95. The van der Waals surface area contributed by atoms with Crippen molar-refractivity contribution in [1.29, 1.82) is 0 Å². The first-order valence-corrected chi connectivity index (χ1v) is 11.1. The molecule has 2 N–H and O–H groups in total. The van der Waals surface area contributed by atoms with Gasteiger partial charge in [0.1, 0.15) is 5.82 Å². The normalized spacial score (nSPS) is 22.5. The minimum Gasteiger partial charge on any atom is -0.357 e. The van der Waals surface area contributed by atoms with E-state index >= 15 is 0 Å². The number of benzene rings is 1. The van der Waals surface area contributed by atoms with E-state index in [0.29, 0.717) is 11.0 Å². The molecule has 0 aliphatic heterocycles. The molecular weight excluding hydrogens is 405 g/mol. The van der Waals surface area contributed by atoms with Gasteiger partial charge in [-0.2, -0.15) is 0 Å². The second-order valence-corrected chi connectivity index (χ2v) is 9.10. The Kier molecular flexibility index (Phi) is 8.36. The van der Waals surface area contributed by atoms with Crippen LogP contribution in [0.4, 0.5) is 4.39 Å². The van der Waals surface area contributed by atoms with E-state index in [0.717, 1.165) is 49.5 Å². The Labute approximate surface area is 160 Å². The third kappa shape index (κ3) is 6.37. The third-order valence-electron chi connectivity index (χ3n) is 4.37. The molecule has 3 unspecified atom stereocenters. The van der Waals surface area contributed by atoms with Gasteiger partial charge in [0.05, 0.1) is 11.0 Å². The lowest BCUT2D eigenvalue weighted by molar-refractivity contribution is 0.413. The largest absolute Gasteiger partial charge is 0.357 e. The van der Waals surface area contributed by atoms with Crippen LogP contribution in [0.1, 0.15) is 45.1 Å². The number of nitrogens with one attached hydrogen (secondary N) is 2. The van der Waals surface area contributed by atoms with E-state index in [2.05, 4.69) is 31.6 Å². The van der Waals surface area contributed by atoms with E-state index in [1.165, 1.54) is 6.07 Å². The van der Waals surface area contributed by atoms with Crippen LogP contribution in [0.15, 0.2) is 27.7 Å². The summed E-state index contributed by atoms with van der Waals surface area (Å²) in [6.07, 6.45) is 4.11. The Morgan fingerprint density at radius 2 is 2.20 bits per heavy atom. The molecule has 1 fully saturated rings. The van der Waals surface area contributed by atoms with Gasteiger partial charge in [-0.05, 0) is 59.8 Å². The third-order valence-corrected chi connectivity index (χ3v) is 6.76. The van der Waals surface area contributed by atoms with Gasteiger partial charge in [0, 0.05) is 34.4 Å². The molecule has 1 aromatic carbocycles. The summed E-state index contributed by atoms with van der Waals surface area (Å²) < 4.78 is 26.2. The van der Waals surface area contributed by atoms with Crippen LogP contribution >= 0.6 is 15.9 Å². The molecule has 1 saturated carbocycles. The first kappa shape index (κ1) is 20.4. The molecule has 1 aromatic rings. The van der Waals surface area contributed by atoms with Crippen LogP contribution in [0, 0.1) is 5.82 Å². The fraction of sp³-hybridized carbons (Fsp3) is 0.611. The Morgan fingerprint density at radius 3 is 2.88 bits per heavy atom. The molecule has 0 aromatic heterocycles. The summed E-state index contributed by atoms with van der Waals surface area (Å²) in [4.78, 5) is 4.58. The molecule has 0 radical (unpaired) electrons. The number of guanidine groups is 1. The number of nitrogens with zero attached hydrogens (tertiary/aromatic N) is 1.